The van der Waals surface area contributed by atoms with Crippen LogP contribution in [-0.2, 0) is 9.59 Å². The number of carbonyl (C=O) groups excluding carboxylic acids is 3. The van der Waals surface area contributed by atoms with Crippen LogP contribution < -0.4 is 14.4 Å². The van der Waals surface area contributed by atoms with Gasteiger partial charge in [-0.2, -0.15) is 0 Å². The number of methoxy groups -OCH3 is 2. The molecule has 8 heteroatoms. The molecule has 0 saturated carbocycles. The first-order chi connectivity index (χ1) is 17.5. The van der Waals surface area contributed by atoms with E-state index in [4.69, 9.17) is 14.0 Å². The summed E-state index contributed by atoms with van der Waals surface area (Å²) >= 11 is 0. The van der Waals surface area contributed by atoms with Crippen LogP contribution in [0.5, 0.6) is 11.5 Å². The molecule has 0 radical (unpaired) electrons. The van der Waals surface area contributed by atoms with Crippen molar-refractivity contribution in [1.29, 1.82) is 0 Å². The van der Waals surface area contributed by atoms with E-state index < -0.39 is 29.4 Å². The fraction of sp³-hybridized carbons (Fsp3) is 0.143. The van der Waals surface area contributed by atoms with Gasteiger partial charge in [0.15, 0.2) is 5.78 Å². The van der Waals surface area contributed by atoms with E-state index in [2.05, 4.69) is 5.16 Å². The minimum Gasteiger partial charge on any atom is -0.497 e. The van der Waals surface area contributed by atoms with Gasteiger partial charge in [0.05, 0.1) is 20.3 Å². The summed E-state index contributed by atoms with van der Waals surface area (Å²) in [4.78, 5) is 41.7. The molecule has 5 rings (SSSR count). The van der Waals surface area contributed by atoms with E-state index in [0.717, 1.165) is 5.56 Å². The summed E-state index contributed by atoms with van der Waals surface area (Å²) < 4.78 is 15.5. The molecule has 3 aromatic carbocycles. The van der Waals surface area contributed by atoms with E-state index in [1.165, 1.54) is 25.4 Å². The van der Waals surface area contributed by atoms with E-state index in [9.17, 15) is 14.4 Å². The lowest BCUT2D eigenvalue weighted by Crippen LogP contribution is -2.30. The number of anilines is 1. The summed E-state index contributed by atoms with van der Waals surface area (Å²) in [6.07, 6.45) is 1.47. The molecule has 8 nitrogen and oxygen atoms in total. The SMILES string of the molecule is COc1ccc(C(=O)C2C(=O)C(=O)N(c3ccc(-c4ccon4)cc3)C2c2cccc(OC)c2)cc1. The number of rotatable bonds is 7. The van der Waals surface area contributed by atoms with E-state index >= 15 is 0 Å². The molecule has 1 aliphatic rings. The first kappa shape index (κ1) is 23.0. The van der Waals surface area contributed by atoms with Crippen molar-refractivity contribution in [3.63, 3.8) is 0 Å². The molecule has 0 aliphatic carbocycles. The van der Waals surface area contributed by atoms with Gasteiger partial charge >= 0.3 is 0 Å². The van der Waals surface area contributed by atoms with Gasteiger partial charge < -0.3 is 14.0 Å². The number of ketones is 2. The molecule has 1 aliphatic heterocycles. The highest BCUT2D eigenvalue weighted by atomic mass is 16.5. The van der Waals surface area contributed by atoms with Crippen molar-refractivity contribution in [3.05, 3.63) is 96.3 Å². The average Bonchev–Trinajstić information content (AvgIpc) is 3.56. The van der Waals surface area contributed by atoms with E-state index in [0.29, 0.717) is 34.0 Å². The Kier molecular flexibility index (Phi) is 6.08. The number of Topliss-reactive ketones (excluding diaryl/α,β-unsaturated/α-hetero) is 2. The van der Waals surface area contributed by atoms with Crippen molar-refractivity contribution in [2.24, 2.45) is 5.92 Å². The zero-order valence-electron chi connectivity index (χ0n) is 19.6. The van der Waals surface area contributed by atoms with Crippen molar-refractivity contribution >= 4 is 23.2 Å². The molecule has 1 fully saturated rings. The summed E-state index contributed by atoms with van der Waals surface area (Å²) in [5, 5.41) is 3.93. The summed E-state index contributed by atoms with van der Waals surface area (Å²) in [6.45, 7) is 0. The molecule has 1 aromatic heterocycles. The molecule has 180 valence electrons. The Labute approximate surface area is 207 Å². The summed E-state index contributed by atoms with van der Waals surface area (Å²) in [5.41, 5.74) is 2.84. The smallest absolute Gasteiger partial charge is 0.295 e. The van der Waals surface area contributed by atoms with Crippen molar-refractivity contribution in [2.75, 3.05) is 19.1 Å². The van der Waals surface area contributed by atoms with Crippen LogP contribution in [0.4, 0.5) is 5.69 Å². The van der Waals surface area contributed by atoms with Crippen molar-refractivity contribution in [2.45, 2.75) is 6.04 Å². The van der Waals surface area contributed by atoms with Crippen LogP contribution in [0.15, 0.2) is 89.6 Å². The van der Waals surface area contributed by atoms with E-state index in [1.807, 2.05) is 0 Å². The summed E-state index contributed by atoms with van der Waals surface area (Å²) in [5.74, 6) is -2.04. The van der Waals surface area contributed by atoms with Crippen LogP contribution >= 0.6 is 0 Å². The number of benzene rings is 3. The number of aromatic nitrogens is 1. The second kappa shape index (κ2) is 9.50. The predicted molar refractivity (Wildman–Crippen MR) is 131 cm³/mol. The second-order valence-electron chi connectivity index (χ2n) is 8.26. The van der Waals surface area contributed by atoms with Crippen LogP contribution in [0.2, 0.25) is 0 Å². The lowest BCUT2D eigenvalue weighted by molar-refractivity contribution is -0.135. The molecule has 0 N–H and O–H groups in total. The standard InChI is InChI=1S/C28H22N2O6/c1-34-21-12-8-18(9-13-21)26(31)24-25(19-4-3-5-22(16-19)35-2)30(28(33)27(24)32)20-10-6-17(7-11-20)23-14-15-36-29-23/h3-16,24-25H,1-2H3. The second-order valence-corrected chi connectivity index (χ2v) is 8.26. The molecule has 1 amide bonds. The van der Waals surface area contributed by atoms with Crippen molar-refractivity contribution in [1.82, 2.24) is 5.16 Å². The lowest BCUT2D eigenvalue weighted by atomic mass is 9.86. The summed E-state index contributed by atoms with van der Waals surface area (Å²) in [7, 11) is 3.06. The van der Waals surface area contributed by atoms with Gasteiger partial charge in [-0.15, -0.1) is 0 Å². The Balaban J connectivity index is 1.59. The first-order valence-corrected chi connectivity index (χ1v) is 11.2. The number of hydrogen-bond acceptors (Lipinski definition) is 7. The minimum atomic E-state index is -1.23. The molecule has 1 saturated heterocycles. The molecular weight excluding hydrogens is 460 g/mol. The van der Waals surface area contributed by atoms with Gasteiger partial charge in [0.25, 0.3) is 5.91 Å². The van der Waals surface area contributed by atoms with Gasteiger partial charge in [-0.25, -0.2) is 0 Å². The quantitative estimate of drug-likeness (QED) is 0.217. The molecule has 2 heterocycles. The highest BCUT2D eigenvalue weighted by Gasteiger charge is 2.52. The maximum Gasteiger partial charge on any atom is 0.295 e. The largest absolute Gasteiger partial charge is 0.497 e. The molecule has 2 atom stereocenters. The van der Waals surface area contributed by atoms with Crippen LogP contribution in [0, 0.1) is 5.92 Å². The Morgan fingerprint density at radius 3 is 2.25 bits per heavy atom. The average molecular weight is 482 g/mol. The van der Waals surface area contributed by atoms with Crippen LogP contribution in [0.25, 0.3) is 11.3 Å². The third-order valence-corrected chi connectivity index (χ3v) is 6.28. The van der Waals surface area contributed by atoms with Crippen molar-refractivity contribution in [3.8, 4) is 22.8 Å². The van der Waals surface area contributed by atoms with E-state index in [-0.39, 0.29) is 0 Å². The number of carbonyl (C=O) groups is 3. The topological polar surface area (TPSA) is 98.9 Å². The molecular formula is C28H22N2O6. The summed E-state index contributed by atoms with van der Waals surface area (Å²) in [6, 6.07) is 21.4. The first-order valence-electron chi connectivity index (χ1n) is 11.2. The van der Waals surface area contributed by atoms with E-state index in [1.54, 1.807) is 78.9 Å². The van der Waals surface area contributed by atoms with Gasteiger partial charge in [0.2, 0.25) is 5.78 Å². The van der Waals surface area contributed by atoms with Gasteiger partial charge in [-0.3, -0.25) is 19.3 Å². The van der Waals surface area contributed by atoms with Crippen molar-refractivity contribution < 1.29 is 28.4 Å². The lowest BCUT2D eigenvalue weighted by Gasteiger charge is -2.27. The maximum atomic E-state index is 13.6. The highest BCUT2D eigenvalue weighted by molar-refractivity contribution is 6.49. The Hall–Kier alpha value is -4.72. The number of hydrogen-bond donors (Lipinski definition) is 0. The third-order valence-electron chi connectivity index (χ3n) is 6.28. The van der Waals surface area contributed by atoms with Crippen LogP contribution in [0.3, 0.4) is 0 Å². The molecule has 2 unspecified atom stereocenters. The Morgan fingerprint density at radius 2 is 1.61 bits per heavy atom. The molecule has 0 bridgehead atoms. The predicted octanol–water partition coefficient (Wildman–Crippen LogP) is 4.51. The molecule has 4 aromatic rings. The number of ether oxygens (including phenoxy) is 2. The monoisotopic (exact) mass is 482 g/mol. The van der Waals surface area contributed by atoms with Gasteiger partial charge in [-0.1, -0.05) is 29.4 Å². The zero-order valence-corrected chi connectivity index (χ0v) is 19.6. The van der Waals surface area contributed by atoms with Gasteiger partial charge in [0, 0.05) is 22.9 Å². The fourth-order valence-electron chi connectivity index (χ4n) is 4.47. The zero-order chi connectivity index (χ0) is 25.2. The number of nitrogens with zero attached hydrogens (tertiary/aromatic N) is 2. The Morgan fingerprint density at radius 1 is 0.889 bits per heavy atom. The van der Waals surface area contributed by atoms with Gasteiger partial charge in [-0.05, 0) is 54.1 Å². The fourth-order valence-corrected chi connectivity index (χ4v) is 4.47. The third kappa shape index (κ3) is 4.02. The van der Waals surface area contributed by atoms with Gasteiger partial charge in [0.1, 0.15) is 29.4 Å². The minimum absolute atomic E-state index is 0.318. The van der Waals surface area contributed by atoms with Crippen LogP contribution in [0.1, 0.15) is 22.0 Å². The highest BCUT2D eigenvalue weighted by Crippen LogP contribution is 2.42. The number of amides is 1. The molecule has 0 spiro atoms. The maximum absolute atomic E-state index is 13.6. The Bertz CT molecular complexity index is 1410. The molecule has 36 heavy (non-hydrogen) atoms. The normalized spacial score (nSPS) is 17.3. The van der Waals surface area contributed by atoms with Crippen LogP contribution in [-0.4, -0.2) is 36.8 Å².